The van der Waals surface area contributed by atoms with Crippen molar-refractivity contribution in [2.75, 3.05) is 7.11 Å². The molecule has 32 heavy (non-hydrogen) atoms. The minimum Gasteiger partial charge on any atom is -0.480 e. The number of aromatic nitrogens is 5. The molecule has 0 aliphatic heterocycles. The molecule has 0 spiro atoms. The maximum Gasteiger partial charge on any atom is 0.232 e. The topological polar surface area (TPSA) is 94.1 Å². The fourth-order valence-corrected chi connectivity index (χ4v) is 4.56. The van der Waals surface area contributed by atoms with Crippen molar-refractivity contribution in [3.8, 4) is 39.5 Å². The summed E-state index contributed by atoms with van der Waals surface area (Å²) in [4.78, 5) is 5.11. The second-order valence-corrected chi connectivity index (χ2v) is 8.06. The maximum absolute atomic E-state index is 6.27. The van der Waals surface area contributed by atoms with E-state index in [0.717, 1.165) is 52.1 Å². The number of methoxy groups -OCH3 is 1. The van der Waals surface area contributed by atoms with Crippen LogP contribution < -0.4 is 10.5 Å². The number of nitrogens with one attached hydrogen (secondary N) is 1. The molecule has 1 atom stereocenters. The van der Waals surface area contributed by atoms with Gasteiger partial charge in [-0.05, 0) is 30.0 Å². The Hall–Kier alpha value is -3.97. The van der Waals surface area contributed by atoms with E-state index < -0.39 is 0 Å². The monoisotopic (exact) mass is 422 g/mol. The van der Waals surface area contributed by atoms with Crippen LogP contribution in [-0.2, 0) is 6.42 Å². The molecule has 3 N–H and O–H groups in total. The summed E-state index contributed by atoms with van der Waals surface area (Å²) in [7, 11) is 1.62. The SMILES string of the molecule is COc1cc(-c2cn[nH]c2)c2nc(-c3ccc4c(c3)CCC4N)c(-c3ccccc3)n2n1. The number of hydrogen-bond donors (Lipinski definition) is 2. The van der Waals surface area contributed by atoms with Crippen LogP contribution >= 0.6 is 0 Å². The van der Waals surface area contributed by atoms with E-state index in [0.29, 0.717) is 5.88 Å². The summed E-state index contributed by atoms with van der Waals surface area (Å²) < 4.78 is 7.41. The number of ether oxygens (including phenoxy) is 1. The lowest BCUT2D eigenvalue weighted by Gasteiger charge is -2.09. The molecule has 3 aromatic heterocycles. The highest BCUT2D eigenvalue weighted by Crippen LogP contribution is 2.39. The zero-order valence-corrected chi connectivity index (χ0v) is 17.6. The van der Waals surface area contributed by atoms with E-state index in [9.17, 15) is 0 Å². The van der Waals surface area contributed by atoms with Gasteiger partial charge in [-0.1, -0.05) is 42.5 Å². The lowest BCUT2D eigenvalue weighted by Crippen LogP contribution is -2.04. The van der Waals surface area contributed by atoms with Gasteiger partial charge in [0.2, 0.25) is 5.88 Å². The van der Waals surface area contributed by atoms with Crippen LogP contribution in [0.4, 0.5) is 0 Å². The number of aryl methyl sites for hydroxylation is 1. The third kappa shape index (κ3) is 2.90. The van der Waals surface area contributed by atoms with Gasteiger partial charge in [0.1, 0.15) is 5.69 Å². The average molecular weight is 422 g/mol. The van der Waals surface area contributed by atoms with Crippen molar-refractivity contribution in [1.29, 1.82) is 0 Å². The molecule has 5 aromatic rings. The van der Waals surface area contributed by atoms with Crippen molar-refractivity contribution in [2.24, 2.45) is 5.73 Å². The van der Waals surface area contributed by atoms with E-state index >= 15 is 0 Å². The van der Waals surface area contributed by atoms with Gasteiger partial charge in [-0.3, -0.25) is 5.10 Å². The largest absolute Gasteiger partial charge is 0.480 e. The van der Waals surface area contributed by atoms with Gasteiger partial charge < -0.3 is 10.5 Å². The Morgan fingerprint density at radius 1 is 1.06 bits per heavy atom. The number of fused-ring (bicyclic) bond motifs is 2. The van der Waals surface area contributed by atoms with Crippen molar-refractivity contribution in [3.05, 3.63) is 78.1 Å². The smallest absolute Gasteiger partial charge is 0.232 e. The maximum atomic E-state index is 6.27. The van der Waals surface area contributed by atoms with Gasteiger partial charge in [-0.2, -0.15) is 5.10 Å². The number of nitrogens with two attached hydrogens (primary N) is 1. The fraction of sp³-hybridized carbons (Fsp3) is 0.160. The lowest BCUT2D eigenvalue weighted by atomic mass is 10.0. The van der Waals surface area contributed by atoms with E-state index in [1.807, 2.05) is 35.0 Å². The van der Waals surface area contributed by atoms with Crippen LogP contribution in [0.15, 0.2) is 67.0 Å². The fourth-order valence-electron chi connectivity index (χ4n) is 4.56. The van der Waals surface area contributed by atoms with Crippen LogP contribution in [0.3, 0.4) is 0 Å². The summed E-state index contributed by atoms with van der Waals surface area (Å²) in [5, 5.41) is 11.8. The second-order valence-electron chi connectivity index (χ2n) is 8.06. The Kier molecular flexibility index (Phi) is 4.29. The molecule has 158 valence electrons. The third-order valence-electron chi connectivity index (χ3n) is 6.17. The van der Waals surface area contributed by atoms with Gasteiger partial charge in [0.05, 0.1) is 19.0 Å². The van der Waals surface area contributed by atoms with Crippen LogP contribution in [0.5, 0.6) is 5.88 Å². The molecule has 0 fully saturated rings. The molecule has 7 heteroatoms. The number of imidazole rings is 1. The first-order valence-electron chi connectivity index (χ1n) is 10.6. The molecule has 3 heterocycles. The number of H-pyrrole nitrogens is 1. The zero-order chi connectivity index (χ0) is 21.7. The van der Waals surface area contributed by atoms with Crippen LogP contribution in [0.1, 0.15) is 23.6 Å². The first kappa shape index (κ1) is 18.8. The second kappa shape index (κ2) is 7.32. The average Bonchev–Trinajstić information content (AvgIpc) is 3.58. The number of aromatic amines is 1. The molecular formula is C25H22N6O. The third-order valence-corrected chi connectivity index (χ3v) is 6.17. The van der Waals surface area contributed by atoms with Crippen LogP contribution in [0, 0.1) is 0 Å². The minimum absolute atomic E-state index is 0.118. The predicted octanol–water partition coefficient (Wildman–Crippen LogP) is 4.41. The Morgan fingerprint density at radius 2 is 1.94 bits per heavy atom. The summed E-state index contributed by atoms with van der Waals surface area (Å²) in [5.74, 6) is 0.509. The van der Waals surface area contributed by atoms with Gasteiger partial charge in [0.15, 0.2) is 5.65 Å². The highest BCUT2D eigenvalue weighted by atomic mass is 16.5. The van der Waals surface area contributed by atoms with Crippen LogP contribution in [-0.4, -0.2) is 31.9 Å². The molecule has 1 aliphatic rings. The summed E-state index contributed by atoms with van der Waals surface area (Å²) >= 11 is 0. The summed E-state index contributed by atoms with van der Waals surface area (Å²) in [5.41, 5.74) is 15.3. The molecule has 0 bridgehead atoms. The molecule has 1 unspecified atom stereocenters. The van der Waals surface area contributed by atoms with Gasteiger partial charge in [0, 0.05) is 40.6 Å². The van der Waals surface area contributed by atoms with E-state index in [2.05, 4.69) is 40.5 Å². The minimum atomic E-state index is 0.118. The molecule has 0 saturated heterocycles. The molecule has 6 rings (SSSR count). The number of rotatable bonds is 4. The van der Waals surface area contributed by atoms with Crippen molar-refractivity contribution in [3.63, 3.8) is 0 Å². The van der Waals surface area contributed by atoms with E-state index in [1.54, 1.807) is 13.3 Å². The Morgan fingerprint density at radius 3 is 2.72 bits per heavy atom. The molecule has 7 nitrogen and oxygen atoms in total. The van der Waals surface area contributed by atoms with Gasteiger partial charge in [0.25, 0.3) is 0 Å². The summed E-state index contributed by atoms with van der Waals surface area (Å²) in [6, 6.07) is 18.7. The quantitative estimate of drug-likeness (QED) is 0.447. The van der Waals surface area contributed by atoms with E-state index in [1.165, 1.54) is 11.1 Å². The summed E-state index contributed by atoms with van der Waals surface area (Å²) in [6.45, 7) is 0. The van der Waals surface area contributed by atoms with Crippen molar-refractivity contribution in [1.82, 2.24) is 24.8 Å². The normalized spacial score (nSPS) is 15.2. The van der Waals surface area contributed by atoms with Crippen molar-refractivity contribution >= 4 is 5.65 Å². The lowest BCUT2D eigenvalue weighted by molar-refractivity contribution is 0.390. The Balaban J connectivity index is 1.67. The summed E-state index contributed by atoms with van der Waals surface area (Å²) in [6.07, 6.45) is 5.60. The van der Waals surface area contributed by atoms with Gasteiger partial charge >= 0.3 is 0 Å². The zero-order valence-electron chi connectivity index (χ0n) is 17.6. The Bertz CT molecular complexity index is 1420. The van der Waals surface area contributed by atoms with E-state index in [4.69, 9.17) is 20.6 Å². The molecule has 0 radical (unpaired) electrons. The molecule has 1 aliphatic carbocycles. The first-order valence-corrected chi connectivity index (χ1v) is 10.6. The predicted molar refractivity (Wildman–Crippen MR) is 123 cm³/mol. The molecule has 2 aromatic carbocycles. The number of nitrogens with zero attached hydrogens (tertiary/aromatic N) is 4. The van der Waals surface area contributed by atoms with Crippen LogP contribution in [0.25, 0.3) is 39.3 Å². The first-order chi connectivity index (χ1) is 15.7. The molecular weight excluding hydrogens is 400 g/mol. The molecule has 0 amide bonds. The van der Waals surface area contributed by atoms with Crippen molar-refractivity contribution < 1.29 is 4.74 Å². The molecule has 0 saturated carbocycles. The van der Waals surface area contributed by atoms with Crippen LogP contribution in [0.2, 0.25) is 0 Å². The van der Waals surface area contributed by atoms with Gasteiger partial charge in [-0.15, -0.1) is 5.10 Å². The van der Waals surface area contributed by atoms with E-state index in [-0.39, 0.29) is 6.04 Å². The number of benzene rings is 2. The highest BCUT2D eigenvalue weighted by Gasteiger charge is 2.24. The Labute approximate surface area is 184 Å². The van der Waals surface area contributed by atoms with Gasteiger partial charge in [-0.25, -0.2) is 9.50 Å². The highest BCUT2D eigenvalue weighted by molar-refractivity contribution is 5.87. The van der Waals surface area contributed by atoms with Crippen molar-refractivity contribution in [2.45, 2.75) is 18.9 Å². The number of hydrogen-bond acceptors (Lipinski definition) is 5. The standard InChI is InChI=1S/C25H22N6O/c1-32-22-12-20(18-13-27-28-14-18)25-29-23(17-7-9-19-16(11-17)8-10-21(19)26)24(31(25)30-22)15-5-3-2-4-6-15/h2-7,9,11-14,21H,8,10,26H2,1H3,(H,27,28).